The van der Waals surface area contributed by atoms with Crippen molar-refractivity contribution in [1.82, 2.24) is 29.9 Å². The van der Waals surface area contributed by atoms with Crippen molar-refractivity contribution in [3.63, 3.8) is 0 Å². The summed E-state index contributed by atoms with van der Waals surface area (Å²) >= 11 is 0. The van der Waals surface area contributed by atoms with Gasteiger partial charge in [-0.1, -0.05) is 24.3 Å². The minimum atomic E-state index is 0.0962. The Bertz CT molecular complexity index is 979. The lowest BCUT2D eigenvalue weighted by atomic mass is 9.93. The van der Waals surface area contributed by atoms with Crippen LogP contribution in [0.25, 0.3) is 5.82 Å². The van der Waals surface area contributed by atoms with E-state index < -0.39 is 0 Å². The van der Waals surface area contributed by atoms with Crippen LogP contribution in [0.3, 0.4) is 0 Å². The molecule has 1 amide bonds. The Balaban J connectivity index is 1.19. The molecular weight excluding hydrogens is 366 g/mol. The first-order chi connectivity index (χ1) is 14.3. The summed E-state index contributed by atoms with van der Waals surface area (Å²) in [5.41, 5.74) is 2.66. The lowest BCUT2D eigenvalue weighted by Gasteiger charge is -2.36. The monoisotopic (exact) mass is 389 g/mol. The first-order valence-electron chi connectivity index (χ1n) is 10.1. The zero-order valence-corrected chi connectivity index (χ0v) is 16.2. The minimum Gasteiger partial charge on any atom is -0.355 e. The molecule has 8 nitrogen and oxygen atoms in total. The van der Waals surface area contributed by atoms with Crippen LogP contribution < -0.4 is 4.90 Å². The average molecular weight is 389 g/mol. The van der Waals surface area contributed by atoms with Crippen molar-refractivity contribution in [1.29, 1.82) is 0 Å². The van der Waals surface area contributed by atoms with Gasteiger partial charge in [0.25, 0.3) is 0 Å². The maximum atomic E-state index is 13.0. The minimum absolute atomic E-state index is 0.0962. The molecular formula is C21H23N7O. The predicted octanol–water partition coefficient (Wildman–Crippen LogP) is 1.86. The Hall–Kier alpha value is -3.29. The van der Waals surface area contributed by atoms with Crippen molar-refractivity contribution >= 4 is 11.7 Å². The van der Waals surface area contributed by atoms with Gasteiger partial charge in [-0.2, -0.15) is 5.10 Å². The number of nitrogens with zero attached hydrogens (tertiary/aromatic N) is 7. The molecule has 2 aliphatic rings. The quantitative estimate of drug-likeness (QED) is 0.680. The lowest BCUT2D eigenvalue weighted by molar-refractivity contribution is -0.137. The SMILES string of the molecule is O=C(C1CCN(c2ccc(-n3cncn3)nn2)CC1)N1CCc2ccccc2C1. The van der Waals surface area contributed by atoms with Crippen molar-refractivity contribution < 1.29 is 4.79 Å². The molecule has 0 saturated carbocycles. The van der Waals surface area contributed by atoms with Gasteiger partial charge in [-0.3, -0.25) is 4.79 Å². The summed E-state index contributed by atoms with van der Waals surface area (Å²) in [6.45, 7) is 3.20. The summed E-state index contributed by atoms with van der Waals surface area (Å²) in [6, 6.07) is 12.3. The largest absolute Gasteiger partial charge is 0.355 e. The number of aromatic nitrogens is 5. The molecule has 29 heavy (non-hydrogen) atoms. The molecule has 8 heteroatoms. The zero-order valence-electron chi connectivity index (χ0n) is 16.2. The van der Waals surface area contributed by atoms with Gasteiger partial charge >= 0.3 is 0 Å². The number of hydrogen-bond donors (Lipinski definition) is 0. The summed E-state index contributed by atoms with van der Waals surface area (Å²) < 4.78 is 1.58. The smallest absolute Gasteiger partial charge is 0.226 e. The Morgan fingerprint density at radius 1 is 0.931 bits per heavy atom. The standard InChI is InChI=1S/C21H23N7O/c29-21(27-12-7-16-3-1-2-4-18(16)13-27)17-8-10-26(11-9-17)19-5-6-20(25-24-19)28-15-22-14-23-28/h1-6,14-15,17H,7-13H2. The number of rotatable bonds is 3. The van der Waals surface area contributed by atoms with E-state index in [2.05, 4.69) is 49.4 Å². The third-order valence-electron chi connectivity index (χ3n) is 5.90. The number of fused-ring (bicyclic) bond motifs is 1. The second kappa shape index (κ2) is 7.62. The number of carbonyl (C=O) groups excluding carboxylic acids is 1. The fourth-order valence-electron chi connectivity index (χ4n) is 4.23. The van der Waals surface area contributed by atoms with Crippen molar-refractivity contribution in [3.8, 4) is 5.82 Å². The maximum Gasteiger partial charge on any atom is 0.226 e. The summed E-state index contributed by atoms with van der Waals surface area (Å²) in [7, 11) is 0. The zero-order chi connectivity index (χ0) is 19.6. The Morgan fingerprint density at radius 3 is 2.41 bits per heavy atom. The Morgan fingerprint density at radius 2 is 1.69 bits per heavy atom. The van der Waals surface area contributed by atoms with E-state index in [-0.39, 0.29) is 5.92 Å². The van der Waals surface area contributed by atoms with E-state index in [0.717, 1.165) is 51.3 Å². The van der Waals surface area contributed by atoms with E-state index in [1.54, 1.807) is 11.0 Å². The highest BCUT2D eigenvalue weighted by Gasteiger charge is 2.30. The van der Waals surface area contributed by atoms with E-state index in [1.165, 1.54) is 17.5 Å². The first kappa shape index (κ1) is 17.8. The van der Waals surface area contributed by atoms with E-state index in [0.29, 0.717) is 11.7 Å². The summed E-state index contributed by atoms with van der Waals surface area (Å²) in [6.07, 6.45) is 5.72. The van der Waals surface area contributed by atoms with E-state index in [4.69, 9.17) is 0 Å². The molecule has 0 atom stereocenters. The Kier molecular flexibility index (Phi) is 4.67. The van der Waals surface area contributed by atoms with E-state index >= 15 is 0 Å². The van der Waals surface area contributed by atoms with Crippen LogP contribution in [0.15, 0.2) is 49.1 Å². The van der Waals surface area contributed by atoms with Gasteiger partial charge < -0.3 is 9.80 Å². The number of benzene rings is 1. The van der Waals surface area contributed by atoms with Crippen LogP contribution in [0.5, 0.6) is 0 Å². The molecule has 0 unspecified atom stereocenters. The normalized spacial score (nSPS) is 17.2. The van der Waals surface area contributed by atoms with E-state index in [9.17, 15) is 4.79 Å². The highest BCUT2D eigenvalue weighted by molar-refractivity contribution is 5.79. The van der Waals surface area contributed by atoms with Gasteiger partial charge in [0.15, 0.2) is 11.6 Å². The van der Waals surface area contributed by atoms with Gasteiger partial charge in [0.2, 0.25) is 5.91 Å². The Labute approximate surface area is 169 Å². The molecule has 2 aliphatic heterocycles. The molecule has 1 aromatic carbocycles. The number of carbonyl (C=O) groups is 1. The predicted molar refractivity (Wildman–Crippen MR) is 107 cm³/mol. The van der Waals surface area contributed by atoms with Crippen LogP contribution in [0.2, 0.25) is 0 Å². The molecule has 0 aliphatic carbocycles. The maximum absolute atomic E-state index is 13.0. The summed E-state index contributed by atoms with van der Waals surface area (Å²) in [4.78, 5) is 21.2. The van der Waals surface area contributed by atoms with Crippen LogP contribution in [0.4, 0.5) is 5.82 Å². The molecule has 1 saturated heterocycles. The first-order valence-corrected chi connectivity index (χ1v) is 10.1. The van der Waals surface area contributed by atoms with Gasteiger partial charge in [0.05, 0.1) is 0 Å². The third kappa shape index (κ3) is 3.57. The second-order valence-corrected chi connectivity index (χ2v) is 7.63. The number of hydrogen-bond acceptors (Lipinski definition) is 6. The fraction of sp³-hybridized carbons (Fsp3) is 0.381. The summed E-state index contributed by atoms with van der Waals surface area (Å²) in [5.74, 6) is 1.87. The average Bonchev–Trinajstić information content (AvgIpc) is 3.33. The molecule has 4 heterocycles. The highest BCUT2D eigenvalue weighted by Crippen LogP contribution is 2.26. The van der Waals surface area contributed by atoms with Crippen LogP contribution in [-0.4, -0.2) is 55.4 Å². The van der Waals surface area contributed by atoms with E-state index in [1.807, 2.05) is 17.0 Å². The molecule has 2 aromatic heterocycles. The number of amides is 1. The van der Waals surface area contributed by atoms with Crippen molar-refractivity contribution in [3.05, 3.63) is 60.2 Å². The number of anilines is 1. The lowest BCUT2D eigenvalue weighted by Crippen LogP contribution is -2.44. The van der Waals surface area contributed by atoms with Crippen LogP contribution >= 0.6 is 0 Å². The topological polar surface area (TPSA) is 80.0 Å². The van der Waals surface area contributed by atoms with Crippen LogP contribution in [0, 0.1) is 5.92 Å². The van der Waals surface area contributed by atoms with Crippen molar-refractivity contribution in [2.45, 2.75) is 25.8 Å². The molecule has 3 aromatic rings. The van der Waals surface area contributed by atoms with Gasteiger partial charge in [-0.15, -0.1) is 10.2 Å². The van der Waals surface area contributed by atoms with Crippen molar-refractivity contribution in [2.75, 3.05) is 24.5 Å². The van der Waals surface area contributed by atoms with Gasteiger partial charge in [0.1, 0.15) is 12.7 Å². The molecule has 5 rings (SSSR count). The molecule has 148 valence electrons. The van der Waals surface area contributed by atoms with Crippen molar-refractivity contribution in [2.24, 2.45) is 5.92 Å². The molecule has 0 bridgehead atoms. The second-order valence-electron chi connectivity index (χ2n) is 7.63. The summed E-state index contributed by atoms with van der Waals surface area (Å²) in [5, 5.41) is 12.6. The fourth-order valence-corrected chi connectivity index (χ4v) is 4.23. The van der Waals surface area contributed by atoms with Crippen LogP contribution in [-0.2, 0) is 17.8 Å². The molecule has 0 N–H and O–H groups in total. The third-order valence-corrected chi connectivity index (χ3v) is 5.90. The van der Waals surface area contributed by atoms with Gasteiger partial charge in [-0.05, 0) is 42.5 Å². The van der Waals surface area contributed by atoms with Gasteiger partial charge in [-0.25, -0.2) is 9.67 Å². The number of piperidine rings is 1. The van der Waals surface area contributed by atoms with Crippen LogP contribution in [0.1, 0.15) is 24.0 Å². The molecule has 1 fully saturated rings. The molecule has 0 radical (unpaired) electrons. The highest BCUT2D eigenvalue weighted by atomic mass is 16.2. The molecule has 0 spiro atoms. The van der Waals surface area contributed by atoms with Gasteiger partial charge in [0, 0.05) is 32.1 Å².